The van der Waals surface area contributed by atoms with Crippen molar-refractivity contribution in [1.82, 2.24) is 49.8 Å². The summed E-state index contributed by atoms with van der Waals surface area (Å²) < 4.78 is 27.7. The van der Waals surface area contributed by atoms with Gasteiger partial charge < -0.3 is 52.4 Å². The minimum Gasteiger partial charge on any atom is -0.495 e. The lowest BCUT2D eigenvalue weighted by Gasteiger charge is -2.14. The molecule has 0 bridgehead atoms. The Morgan fingerprint density at radius 1 is 0.386 bits per heavy atom. The highest BCUT2D eigenvalue weighted by molar-refractivity contribution is 6.40. The summed E-state index contributed by atoms with van der Waals surface area (Å²) in [6.45, 7) is 19.3. The van der Waals surface area contributed by atoms with Gasteiger partial charge in [0, 0.05) is 97.8 Å². The maximum Gasteiger partial charge on any atom is 0.220 e. The fourth-order valence-electron chi connectivity index (χ4n) is 11.7. The van der Waals surface area contributed by atoms with E-state index in [0.717, 1.165) is 145 Å². The monoisotopic (exact) mass is 1560 g/mol. The van der Waals surface area contributed by atoms with Crippen LogP contribution in [0.3, 0.4) is 0 Å². The van der Waals surface area contributed by atoms with Crippen LogP contribution in [0.5, 0.6) is 28.7 Å². The summed E-state index contributed by atoms with van der Waals surface area (Å²) in [7, 11) is 1.55. The van der Waals surface area contributed by atoms with Gasteiger partial charge in [0.25, 0.3) is 0 Å². The molecule has 0 fully saturated rings. The number of hydrogen-bond donors (Lipinski definition) is 5. The first-order chi connectivity index (χ1) is 47.9. The zero-order chi connectivity index (χ0) is 73.2. The molecule has 0 spiro atoms. The average Bonchev–Trinajstić information content (AvgIpc) is 1.72. The van der Waals surface area contributed by atoms with Crippen molar-refractivity contribution in [3.8, 4) is 85.0 Å². The van der Waals surface area contributed by atoms with Crippen LogP contribution in [-0.4, -0.2) is 82.9 Å². The first-order valence-corrected chi connectivity index (χ1v) is 35.4. The van der Waals surface area contributed by atoms with E-state index in [-0.39, 0.29) is 35.8 Å². The SMILES string of the molecule is CC(C)c1cc(-c2c(Cl)cc(Cl)c3c2CCO3)nc(N)n1.COc1cc(-c2nc(N)nc(C)c2C)c(Cl)cc1Cl.Cc1cc(-c2cc(OC(C)C)c(Cl)cc2Cl)nc(N)n1.Cc1nc(N)nc(-c2c(Cl)cc(Cl)c3c2CCO3)c1C.Nc1nc2c(c(-c3c(Cl)cc(Cl)c4c3CCO4)n1)CCC2. The molecule has 10 N–H and O–H groups in total. The summed E-state index contributed by atoms with van der Waals surface area (Å²) in [4.78, 5) is 42.6. The molecule has 5 aromatic heterocycles. The summed E-state index contributed by atoms with van der Waals surface area (Å²) in [6, 6.07) is 15.6. The number of nitrogens with two attached hydrogens (primary N) is 5. The van der Waals surface area contributed by atoms with E-state index in [1.807, 2.05) is 60.6 Å². The largest absolute Gasteiger partial charge is 0.495 e. The predicted octanol–water partition coefficient (Wildman–Crippen LogP) is 18.9. The van der Waals surface area contributed by atoms with Crippen molar-refractivity contribution < 1.29 is 23.7 Å². The minimum atomic E-state index is 0.0127. The number of halogens is 10. The molecule has 528 valence electrons. The molecule has 14 rings (SSSR count). The third kappa shape index (κ3) is 17.1. The molecule has 0 saturated carbocycles. The molecule has 3 aliphatic heterocycles. The van der Waals surface area contributed by atoms with Gasteiger partial charge in [-0.1, -0.05) is 130 Å². The molecule has 4 aliphatic rings. The van der Waals surface area contributed by atoms with Crippen LogP contribution in [0.4, 0.5) is 29.7 Å². The fraction of sp³-hybridized carbons (Fsp3) is 0.296. The maximum atomic E-state index is 6.46. The van der Waals surface area contributed by atoms with Gasteiger partial charge in [-0.2, -0.15) is 0 Å². The Labute approximate surface area is 634 Å². The number of aryl methyl sites for hydroxylation is 4. The average molecular weight is 1570 g/mol. The van der Waals surface area contributed by atoms with Crippen LogP contribution in [0, 0.1) is 34.6 Å². The zero-order valence-electron chi connectivity index (χ0n) is 56.4. The smallest absolute Gasteiger partial charge is 0.220 e. The number of aromatic nitrogens is 10. The number of ether oxygens (including phenoxy) is 5. The minimum absolute atomic E-state index is 0.0127. The molecular formula is C71H69Cl10N15O5. The number of hydrogen-bond acceptors (Lipinski definition) is 20. The third-order valence-electron chi connectivity index (χ3n) is 16.5. The molecule has 30 heteroatoms. The summed E-state index contributed by atoms with van der Waals surface area (Å²) in [5.41, 5.74) is 46.9. The second kappa shape index (κ2) is 32.4. The summed E-state index contributed by atoms with van der Waals surface area (Å²) >= 11 is 62.4. The maximum absolute atomic E-state index is 6.46. The Balaban J connectivity index is 0.000000136. The van der Waals surface area contributed by atoms with Crippen molar-refractivity contribution in [1.29, 1.82) is 0 Å². The molecule has 0 atom stereocenters. The number of anilines is 5. The lowest BCUT2D eigenvalue weighted by Crippen LogP contribution is -2.06. The second-order valence-corrected chi connectivity index (χ2v) is 28.3. The molecule has 20 nitrogen and oxygen atoms in total. The molecule has 8 heterocycles. The van der Waals surface area contributed by atoms with E-state index in [4.69, 9.17) is 168 Å². The number of nitrogens with zero attached hydrogens (tertiary/aromatic N) is 10. The molecule has 0 amide bonds. The molecule has 0 radical (unpaired) electrons. The Morgan fingerprint density at radius 2 is 0.822 bits per heavy atom. The highest BCUT2D eigenvalue weighted by atomic mass is 35.5. The summed E-state index contributed by atoms with van der Waals surface area (Å²) in [5.74, 6) is 4.66. The first kappa shape index (κ1) is 76.0. The number of benzene rings is 5. The highest BCUT2D eigenvalue weighted by Crippen LogP contribution is 2.49. The van der Waals surface area contributed by atoms with Crippen molar-refractivity contribution >= 4 is 146 Å². The van der Waals surface area contributed by atoms with E-state index >= 15 is 0 Å². The van der Waals surface area contributed by atoms with Crippen molar-refractivity contribution in [2.24, 2.45) is 0 Å². The van der Waals surface area contributed by atoms with Crippen LogP contribution >= 0.6 is 116 Å². The number of fused-ring (bicyclic) bond motifs is 4. The molecule has 5 aromatic carbocycles. The van der Waals surface area contributed by atoms with Crippen molar-refractivity contribution in [2.75, 3.05) is 55.6 Å². The van der Waals surface area contributed by atoms with Gasteiger partial charge in [0.15, 0.2) is 0 Å². The van der Waals surface area contributed by atoms with Crippen molar-refractivity contribution in [3.05, 3.63) is 167 Å². The van der Waals surface area contributed by atoms with E-state index < -0.39 is 0 Å². The molecule has 0 unspecified atom stereocenters. The van der Waals surface area contributed by atoms with Crippen molar-refractivity contribution in [2.45, 2.75) is 113 Å². The number of methoxy groups -OCH3 is 1. The van der Waals surface area contributed by atoms with Crippen LogP contribution < -0.4 is 52.4 Å². The summed E-state index contributed by atoms with van der Waals surface area (Å²) in [6.07, 6.45) is 5.28. The molecular weight excluding hydrogens is 1500 g/mol. The normalized spacial score (nSPS) is 12.8. The lowest BCUT2D eigenvalue weighted by molar-refractivity contribution is 0.242. The Hall–Kier alpha value is -7.60. The van der Waals surface area contributed by atoms with E-state index in [2.05, 4.69) is 63.7 Å². The van der Waals surface area contributed by atoms with Gasteiger partial charge in [0.05, 0.1) is 112 Å². The second-order valence-electron chi connectivity index (χ2n) is 24.2. The van der Waals surface area contributed by atoms with Gasteiger partial charge in [-0.15, -0.1) is 0 Å². The van der Waals surface area contributed by atoms with E-state index in [1.54, 1.807) is 49.6 Å². The predicted molar refractivity (Wildman–Crippen MR) is 409 cm³/mol. The van der Waals surface area contributed by atoms with Crippen LogP contribution in [0.1, 0.15) is 102 Å². The van der Waals surface area contributed by atoms with Crippen LogP contribution in [-0.2, 0) is 32.1 Å². The van der Waals surface area contributed by atoms with Crippen molar-refractivity contribution in [3.63, 3.8) is 0 Å². The molecule has 0 saturated heterocycles. The highest BCUT2D eigenvalue weighted by Gasteiger charge is 2.31. The number of rotatable bonds is 9. The third-order valence-corrected chi connectivity index (χ3v) is 19.5. The van der Waals surface area contributed by atoms with Crippen LogP contribution in [0.15, 0.2) is 54.6 Å². The van der Waals surface area contributed by atoms with Gasteiger partial charge in [-0.3, -0.25) is 0 Å². The van der Waals surface area contributed by atoms with Gasteiger partial charge >= 0.3 is 0 Å². The molecule has 10 aromatic rings. The first-order valence-electron chi connectivity index (χ1n) is 31.6. The molecule has 1 aliphatic carbocycles. The Morgan fingerprint density at radius 3 is 1.36 bits per heavy atom. The standard InChI is InChI=1S/C15H13Cl2N3O.C15H15Cl2N3O.C14H13Cl2N3O.C14H15Cl2N3O.C13H13Cl2N3O/c16-9-6-10(17)14-8(4-5-21-14)12(9)13-7-2-1-3-11(7)19-15(18)20-13;1-7(2)11-6-12(20-15(18)19-11)13-8-3-4-21-14(8)10(17)5-9(13)16;1-6-7(2)18-14(17)19-12(6)11-8-3-4-20-13(8)10(16)5-9(11)15;1-7(2)20-13-5-9(10(15)6-11(13)16)12-4-8(3)18-14(17)19-12;1-6-7(2)17-13(16)18-12(6)8-4-11(19-3)10(15)5-9(8)14/h6H,1-5H2,(H2,18,19,20);5-7H,3-4H2,1-2H3,(H2,18,19,20);5H,3-4H2,1-2H3,(H2,17,18,19);4-7H,1-3H3,(H2,17,18,19);4-5H,1-3H3,(H2,16,17,18). The van der Waals surface area contributed by atoms with Gasteiger partial charge in [0.2, 0.25) is 29.7 Å². The fourth-order valence-corrected chi connectivity index (χ4v) is 14.8. The van der Waals surface area contributed by atoms with Crippen LogP contribution in [0.25, 0.3) is 56.3 Å². The van der Waals surface area contributed by atoms with Crippen LogP contribution in [0.2, 0.25) is 50.2 Å². The van der Waals surface area contributed by atoms with Gasteiger partial charge in [0.1, 0.15) is 28.7 Å². The Kier molecular flexibility index (Phi) is 24.4. The molecule has 101 heavy (non-hydrogen) atoms. The van der Waals surface area contributed by atoms with E-state index in [9.17, 15) is 0 Å². The topological polar surface area (TPSA) is 305 Å². The lowest BCUT2D eigenvalue weighted by atomic mass is 9.98. The van der Waals surface area contributed by atoms with E-state index in [0.29, 0.717) is 116 Å². The number of nitrogen functional groups attached to an aromatic ring is 5. The van der Waals surface area contributed by atoms with E-state index in [1.165, 1.54) is 0 Å². The summed E-state index contributed by atoms with van der Waals surface area (Å²) in [5, 5.41) is 5.21. The van der Waals surface area contributed by atoms with Gasteiger partial charge in [-0.25, -0.2) is 49.8 Å². The van der Waals surface area contributed by atoms with Gasteiger partial charge in [-0.05, 0) is 139 Å². The quantitative estimate of drug-likeness (QED) is 0.0897. The zero-order valence-corrected chi connectivity index (χ0v) is 64.0. The Bertz CT molecular complexity index is 4860.